The molecule has 0 aliphatic heterocycles. The fourth-order valence-corrected chi connectivity index (χ4v) is 2.14. The van der Waals surface area contributed by atoms with E-state index in [1.54, 1.807) is 18.3 Å². The average Bonchev–Trinajstić information content (AvgIpc) is 2.68. The monoisotopic (exact) mass is 232 g/mol. The van der Waals surface area contributed by atoms with Gasteiger partial charge < -0.3 is 4.98 Å². The number of nitrogens with one attached hydrogen (secondary N) is 1. The molecule has 0 aliphatic carbocycles. The molecule has 16 heavy (non-hydrogen) atoms. The van der Waals surface area contributed by atoms with Crippen LogP contribution in [0.3, 0.4) is 0 Å². The maximum Gasteiger partial charge on any atom is 0.251 e. The van der Waals surface area contributed by atoms with Crippen LogP contribution < -0.4 is 5.56 Å². The Morgan fingerprint density at radius 1 is 1.62 bits per heavy atom. The molecule has 4 heteroatoms. The average molecular weight is 232 g/mol. The van der Waals surface area contributed by atoms with Crippen molar-refractivity contribution in [3.05, 3.63) is 56.9 Å². The van der Waals surface area contributed by atoms with Crippen LogP contribution >= 0.6 is 11.3 Å². The van der Waals surface area contributed by atoms with Crippen molar-refractivity contribution in [3.63, 3.8) is 0 Å². The van der Waals surface area contributed by atoms with Crippen molar-refractivity contribution in [2.45, 2.75) is 13.3 Å². The summed E-state index contributed by atoms with van der Waals surface area (Å²) < 4.78 is 0. The molecule has 2 rings (SSSR count). The summed E-state index contributed by atoms with van der Waals surface area (Å²) in [4.78, 5) is 18.2. The van der Waals surface area contributed by atoms with Crippen molar-refractivity contribution in [3.8, 4) is 0 Å². The van der Waals surface area contributed by atoms with Crippen LogP contribution in [0.15, 0.2) is 34.3 Å². The van der Waals surface area contributed by atoms with Gasteiger partial charge in [-0.1, -0.05) is 6.58 Å². The molecule has 2 heterocycles. The third-order valence-electron chi connectivity index (χ3n) is 2.20. The zero-order chi connectivity index (χ0) is 11.5. The van der Waals surface area contributed by atoms with Gasteiger partial charge in [-0.2, -0.15) is 11.3 Å². The molecule has 3 nitrogen and oxygen atoms in total. The van der Waals surface area contributed by atoms with Crippen LogP contribution in [0.1, 0.15) is 17.1 Å². The molecule has 0 aromatic carbocycles. The Bertz CT molecular complexity index is 555. The highest BCUT2D eigenvalue weighted by atomic mass is 32.1. The summed E-state index contributed by atoms with van der Waals surface area (Å²) in [7, 11) is 0. The summed E-state index contributed by atoms with van der Waals surface area (Å²) in [5.41, 5.74) is 2.61. The Balaban J connectivity index is 2.24. The van der Waals surface area contributed by atoms with E-state index < -0.39 is 0 Å². The zero-order valence-corrected chi connectivity index (χ0v) is 9.80. The first kappa shape index (κ1) is 10.8. The van der Waals surface area contributed by atoms with Crippen LogP contribution in [0.2, 0.25) is 0 Å². The van der Waals surface area contributed by atoms with Crippen molar-refractivity contribution in [1.82, 2.24) is 9.97 Å². The van der Waals surface area contributed by atoms with Crippen molar-refractivity contribution in [1.29, 1.82) is 0 Å². The lowest BCUT2D eigenvalue weighted by Crippen LogP contribution is -2.11. The molecule has 2 aromatic rings. The van der Waals surface area contributed by atoms with Crippen molar-refractivity contribution < 1.29 is 0 Å². The summed E-state index contributed by atoms with van der Waals surface area (Å²) in [6.07, 6.45) is 0.718. The highest BCUT2D eigenvalue weighted by Crippen LogP contribution is 2.15. The minimum absolute atomic E-state index is 0.131. The lowest BCUT2D eigenvalue weighted by Gasteiger charge is -2.04. The van der Waals surface area contributed by atoms with Gasteiger partial charge in [-0.05, 0) is 34.9 Å². The predicted octanol–water partition coefficient (Wildman–Crippen LogP) is 2.40. The first-order valence-electron chi connectivity index (χ1n) is 4.92. The normalized spacial score (nSPS) is 10.3. The van der Waals surface area contributed by atoms with E-state index in [9.17, 15) is 4.79 Å². The summed E-state index contributed by atoms with van der Waals surface area (Å²) in [5, 5.41) is 4.09. The molecule has 0 bridgehead atoms. The fraction of sp³-hybridized carbons (Fsp3) is 0.167. The number of aromatic amines is 1. The lowest BCUT2D eigenvalue weighted by molar-refractivity contribution is 1.01. The first-order valence-corrected chi connectivity index (χ1v) is 5.86. The van der Waals surface area contributed by atoms with Gasteiger partial charge in [0, 0.05) is 18.2 Å². The van der Waals surface area contributed by atoms with E-state index in [1.165, 1.54) is 11.6 Å². The van der Waals surface area contributed by atoms with Crippen LogP contribution in [-0.2, 0) is 6.42 Å². The highest BCUT2D eigenvalue weighted by molar-refractivity contribution is 7.07. The van der Waals surface area contributed by atoms with Gasteiger partial charge in [0.25, 0.3) is 5.56 Å². The van der Waals surface area contributed by atoms with Gasteiger partial charge in [0.05, 0.1) is 0 Å². The smallest absolute Gasteiger partial charge is 0.251 e. The Morgan fingerprint density at radius 3 is 3.06 bits per heavy atom. The third kappa shape index (κ3) is 2.46. The molecule has 0 atom stereocenters. The minimum Gasteiger partial charge on any atom is -0.307 e. The summed E-state index contributed by atoms with van der Waals surface area (Å²) in [6.45, 7) is 5.76. The maximum absolute atomic E-state index is 11.3. The molecule has 0 unspecified atom stereocenters. The molecule has 0 radical (unpaired) electrons. The summed E-state index contributed by atoms with van der Waals surface area (Å²) >= 11 is 1.65. The Hall–Kier alpha value is -1.68. The van der Waals surface area contributed by atoms with Crippen LogP contribution in [0.4, 0.5) is 0 Å². The van der Waals surface area contributed by atoms with Crippen molar-refractivity contribution >= 4 is 16.9 Å². The highest BCUT2D eigenvalue weighted by Gasteiger charge is 2.04. The number of H-pyrrole nitrogens is 1. The first-order chi connectivity index (χ1) is 7.65. The van der Waals surface area contributed by atoms with Crippen LogP contribution in [-0.4, -0.2) is 9.97 Å². The number of aromatic nitrogens is 2. The Kier molecular flexibility index (Phi) is 3.01. The van der Waals surface area contributed by atoms with Gasteiger partial charge in [-0.25, -0.2) is 4.98 Å². The number of rotatable bonds is 3. The van der Waals surface area contributed by atoms with Gasteiger partial charge >= 0.3 is 0 Å². The predicted molar refractivity (Wildman–Crippen MR) is 66.7 cm³/mol. The molecule has 0 saturated heterocycles. The van der Waals surface area contributed by atoms with Crippen molar-refractivity contribution in [2.24, 2.45) is 0 Å². The number of hydrogen-bond acceptors (Lipinski definition) is 3. The Labute approximate surface area is 97.5 Å². The Morgan fingerprint density at radius 2 is 2.44 bits per heavy atom. The molecule has 0 amide bonds. The van der Waals surface area contributed by atoms with E-state index in [4.69, 9.17) is 0 Å². The molecule has 0 fully saturated rings. The van der Waals surface area contributed by atoms with E-state index in [0.717, 1.165) is 12.0 Å². The SMILES string of the molecule is C=C(Cc1ccsc1)c1nc(C)cc(=O)[nH]1. The van der Waals surface area contributed by atoms with Crippen LogP contribution in [0.5, 0.6) is 0 Å². The van der Waals surface area contributed by atoms with Gasteiger partial charge in [-0.3, -0.25) is 4.79 Å². The molecular weight excluding hydrogens is 220 g/mol. The molecule has 0 aliphatic rings. The van der Waals surface area contributed by atoms with Gasteiger partial charge in [0.2, 0.25) is 0 Å². The number of hydrogen-bond donors (Lipinski definition) is 1. The molecule has 82 valence electrons. The molecule has 1 N–H and O–H groups in total. The zero-order valence-electron chi connectivity index (χ0n) is 8.99. The molecule has 0 spiro atoms. The lowest BCUT2D eigenvalue weighted by atomic mass is 10.1. The number of nitrogens with zero attached hydrogens (tertiary/aromatic N) is 1. The summed E-state index contributed by atoms with van der Waals surface area (Å²) in [5.74, 6) is 0.580. The second-order valence-electron chi connectivity index (χ2n) is 3.65. The van der Waals surface area contributed by atoms with E-state index in [2.05, 4.69) is 21.9 Å². The quantitative estimate of drug-likeness (QED) is 0.883. The van der Waals surface area contributed by atoms with E-state index in [-0.39, 0.29) is 5.56 Å². The molecule has 0 saturated carbocycles. The van der Waals surface area contributed by atoms with Crippen LogP contribution in [0, 0.1) is 6.92 Å². The number of aryl methyl sites for hydroxylation is 1. The van der Waals surface area contributed by atoms with E-state index >= 15 is 0 Å². The third-order valence-corrected chi connectivity index (χ3v) is 2.93. The van der Waals surface area contributed by atoms with Crippen molar-refractivity contribution in [2.75, 3.05) is 0 Å². The van der Waals surface area contributed by atoms with E-state index in [1.807, 2.05) is 11.4 Å². The maximum atomic E-state index is 11.3. The number of allylic oxidation sites excluding steroid dienone is 1. The minimum atomic E-state index is -0.131. The van der Waals surface area contributed by atoms with Gasteiger partial charge in [0.1, 0.15) is 5.82 Å². The van der Waals surface area contributed by atoms with E-state index in [0.29, 0.717) is 11.5 Å². The molecule has 2 aromatic heterocycles. The van der Waals surface area contributed by atoms with Gasteiger partial charge in [0.15, 0.2) is 0 Å². The van der Waals surface area contributed by atoms with Crippen LogP contribution in [0.25, 0.3) is 5.57 Å². The largest absolute Gasteiger partial charge is 0.307 e. The molecular formula is C12H12N2OS. The fourth-order valence-electron chi connectivity index (χ4n) is 1.47. The second kappa shape index (κ2) is 4.45. The summed E-state index contributed by atoms with van der Waals surface area (Å²) in [6, 6.07) is 3.52. The van der Waals surface area contributed by atoms with Gasteiger partial charge in [-0.15, -0.1) is 0 Å². The number of thiophene rings is 1. The standard InChI is InChI=1S/C12H12N2OS/c1-8(5-10-3-4-16-7-10)12-13-9(2)6-11(15)14-12/h3-4,6-7H,1,5H2,2H3,(H,13,14,15). The topological polar surface area (TPSA) is 45.8 Å². The second-order valence-corrected chi connectivity index (χ2v) is 4.43.